The highest BCUT2D eigenvalue weighted by atomic mass is 16.5. The van der Waals surface area contributed by atoms with Crippen molar-refractivity contribution in [3.05, 3.63) is 23.3 Å². The van der Waals surface area contributed by atoms with E-state index in [4.69, 9.17) is 14.2 Å². The van der Waals surface area contributed by atoms with Gasteiger partial charge in [0.15, 0.2) is 11.5 Å². The number of hydrogen-bond donors (Lipinski definition) is 1. The Morgan fingerprint density at radius 3 is 2.65 bits per heavy atom. The third-order valence-electron chi connectivity index (χ3n) is 3.48. The van der Waals surface area contributed by atoms with E-state index in [1.54, 1.807) is 14.2 Å². The van der Waals surface area contributed by atoms with Crippen LogP contribution in [-0.4, -0.2) is 33.3 Å². The highest BCUT2D eigenvalue weighted by Crippen LogP contribution is 2.36. The van der Waals surface area contributed by atoms with Crippen LogP contribution in [0.3, 0.4) is 0 Å². The zero-order valence-electron chi connectivity index (χ0n) is 12.2. The first kappa shape index (κ1) is 14.7. The molecule has 0 aliphatic carbocycles. The van der Waals surface area contributed by atoms with Gasteiger partial charge in [0, 0.05) is 6.04 Å². The Morgan fingerprint density at radius 1 is 1.30 bits per heavy atom. The quantitative estimate of drug-likeness (QED) is 0.834. The predicted octanol–water partition coefficient (Wildman–Crippen LogP) is 1.84. The summed E-state index contributed by atoms with van der Waals surface area (Å²) in [7, 11) is 3.24. The van der Waals surface area contributed by atoms with E-state index < -0.39 is 0 Å². The molecule has 0 spiro atoms. The van der Waals surface area contributed by atoms with E-state index >= 15 is 0 Å². The minimum absolute atomic E-state index is 0.0300. The van der Waals surface area contributed by atoms with E-state index in [0.717, 1.165) is 24.3 Å². The van der Waals surface area contributed by atoms with Crippen LogP contribution in [0.25, 0.3) is 0 Å². The molecule has 110 valence electrons. The van der Waals surface area contributed by atoms with Gasteiger partial charge in [0.1, 0.15) is 0 Å². The van der Waals surface area contributed by atoms with E-state index in [1.807, 2.05) is 19.1 Å². The number of esters is 1. The SMILES string of the molecule is CCOC(=O)CC1NCCc2cc(OC)c(OC)cc21. The molecule has 0 amide bonds. The van der Waals surface area contributed by atoms with E-state index in [2.05, 4.69) is 5.32 Å². The third kappa shape index (κ3) is 3.04. The van der Waals surface area contributed by atoms with Crippen molar-refractivity contribution in [3.8, 4) is 11.5 Å². The smallest absolute Gasteiger partial charge is 0.307 e. The molecule has 5 heteroatoms. The van der Waals surface area contributed by atoms with Gasteiger partial charge >= 0.3 is 5.97 Å². The molecule has 0 aromatic heterocycles. The van der Waals surface area contributed by atoms with Gasteiger partial charge in [-0.15, -0.1) is 0 Å². The second kappa shape index (κ2) is 6.61. The number of fused-ring (bicyclic) bond motifs is 1. The molecule has 0 saturated heterocycles. The number of benzene rings is 1. The van der Waals surface area contributed by atoms with E-state index in [9.17, 15) is 4.79 Å². The minimum atomic E-state index is -0.187. The lowest BCUT2D eigenvalue weighted by atomic mass is 9.92. The molecule has 0 bridgehead atoms. The summed E-state index contributed by atoms with van der Waals surface area (Å²) in [6.45, 7) is 3.06. The Balaban J connectivity index is 2.27. The van der Waals surface area contributed by atoms with Gasteiger partial charge in [-0.05, 0) is 43.1 Å². The number of rotatable bonds is 5. The van der Waals surface area contributed by atoms with Gasteiger partial charge in [0.25, 0.3) is 0 Å². The monoisotopic (exact) mass is 279 g/mol. The zero-order valence-corrected chi connectivity index (χ0v) is 12.2. The van der Waals surface area contributed by atoms with Gasteiger partial charge < -0.3 is 19.5 Å². The molecule has 1 aliphatic rings. The van der Waals surface area contributed by atoms with Crippen LogP contribution >= 0.6 is 0 Å². The van der Waals surface area contributed by atoms with Crippen LogP contribution in [0, 0.1) is 0 Å². The van der Waals surface area contributed by atoms with Crippen molar-refractivity contribution in [2.45, 2.75) is 25.8 Å². The summed E-state index contributed by atoms with van der Waals surface area (Å²) in [4.78, 5) is 11.7. The number of carbonyl (C=O) groups is 1. The van der Waals surface area contributed by atoms with Gasteiger partial charge in [-0.3, -0.25) is 4.79 Å². The van der Waals surface area contributed by atoms with Crippen LogP contribution in [0.5, 0.6) is 11.5 Å². The van der Waals surface area contributed by atoms with Crippen LogP contribution in [-0.2, 0) is 16.0 Å². The van der Waals surface area contributed by atoms with E-state index in [1.165, 1.54) is 5.56 Å². The first-order valence-corrected chi connectivity index (χ1v) is 6.83. The molecular formula is C15H21NO4. The lowest BCUT2D eigenvalue weighted by Gasteiger charge is -2.27. The number of nitrogens with one attached hydrogen (secondary N) is 1. The van der Waals surface area contributed by atoms with Crippen molar-refractivity contribution in [2.75, 3.05) is 27.4 Å². The van der Waals surface area contributed by atoms with E-state index in [0.29, 0.717) is 18.8 Å². The maximum absolute atomic E-state index is 11.7. The molecule has 0 fully saturated rings. The summed E-state index contributed by atoms with van der Waals surface area (Å²) < 4.78 is 15.7. The molecule has 1 N–H and O–H groups in total. The molecular weight excluding hydrogens is 258 g/mol. The van der Waals surface area contributed by atoms with Crippen LogP contribution in [0.4, 0.5) is 0 Å². The van der Waals surface area contributed by atoms with E-state index in [-0.39, 0.29) is 12.0 Å². The van der Waals surface area contributed by atoms with Gasteiger partial charge in [-0.2, -0.15) is 0 Å². The van der Waals surface area contributed by atoms with Crippen molar-refractivity contribution in [1.82, 2.24) is 5.32 Å². The molecule has 1 unspecified atom stereocenters. The summed E-state index contributed by atoms with van der Waals surface area (Å²) in [6.07, 6.45) is 1.24. The topological polar surface area (TPSA) is 56.8 Å². The first-order chi connectivity index (χ1) is 9.69. The van der Waals surface area contributed by atoms with Gasteiger partial charge in [-0.1, -0.05) is 0 Å². The first-order valence-electron chi connectivity index (χ1n) is 6.83. The van der Waals surface area contributed by atoms with Crippen LogP contribution in [0.2, 0.25) is 0 Å². The van der Waals surface area contributed by atoms with Crippen LogP contribution in [0.1, 0.15) is 30.5 Å². The van der Waals surface area contributed by atoms with Crippen LogP contribution in [0.15, 0.2) is 12.1 Å². The Hall–Kier alpha value is -1.75. The Kier molecular flexibility index (Phi) is 4.84. The maximum Gasteiger partial charge on any atom is 0.307 e. The largest absolute Gasteiger partial charge is 0.493 e. The molecule has 2 rings (SSSR count). The van der Waals surface area contributed by atoms with Crippen molar-refractivity contribution < 1.29 is 19.0 Å². The summed E-state index contributed by atoms with van der Waals surface area (Å²) in [5.41, 5.74) is 2.28. The fourth-order valence-corrected chi connectivity index (χ4v) is 2.54. The summed E-state index contributed by atoms with van der Waals surface area (Å²) >= 11 is 0. The molecule has 1 heterocycles. The number of hydrogen-bond acceptors (Lipinski definition) is 5. The zero-order chi connectivity index (χ0) is 14.5. The summed E-state index contributed by atoms with van der Waals surface area (Å²) in [6, 6.07) is 3.91. The highest BCUT2D eigenvalue weighted by Gasteiger charge is 2.24. The minimum Gasteiger partial charge on any atom is -0.493 e. The van der Waals surface area contributed by atoms with Gasteiger partial charge in [0.05, 0.1) is 27.2 Å². The summed E-state index contributed by atoms with van der Waals surface area (Å²) in [5.74, 6) is 1.22. The van der Waals surface area contributed by atoms with Crippen molar-refractivity contribution in [1.29, 1.82) is 0 Å². The Labute approximate surface area is 119 Å². The number of methoxy groups -OCH3 is 2. The fourth-order valence-electron chi connectivity index (χ4n) is 2.54. The Morgan fingerprint density at radius 2 is 2.00 bits per heavy atom. The summed E-state index contributed by atoms with van der Waals surface area (Å²) in [5, 5.41) is 3.36. The van der Waals surface area contributed by atoms with Crippen molar-refractivity contribution >= 4 is 5.97 Å². The third-order valence-corrected chi connectivity index (χ3v) is 3.48. The highest BCUT2D eigenvalue weighted by molar-refractivity contribution is 5.71. The lowest BCUT2D eigenvalue weighted by molar-refractivity contribution is -0.143. The second-order valence-electron chi connectivity index (χ2n) is 4.67. The normalized spacial score (nSPS) is 17.2. The standard InChI is InChI=1S/C15H21NO4/c1-4-20-15(17)9-12-11-8-14(19-3)13(18-2)7-10(11)5-6-16-12/h7-8,12,16H,4-6,9H2,1-3H3. The van der Waals surface area contributed by atoms with Gasteiger partial charge in [-0.25, -0.2) is 0 Å². The molecule has 0 saturated carbocycles. The fraction of sp³-hybridized carbons (Fsp3) is 0.533. The molecule has 1 atom stereocenters. The Bertz CT molecular complexity index is 487. The molecule has 1 aromatic carbocycles. The molecule has 1 aliphatic heterocycles. The number of ether oxygens (including phenoxy) is 3. The number of carbonyl (C=O) groups excluding carboxylic acids is 1. The van der Waals surface area contributed by atoms with Gasteiger partial charge in [0.2, 0.25) is 0 Å². The average Bonchev–Trinajstić information content (AvgIpc) is 2.46. The molecule has 1 aromatic rings. The van der Waals surface area contributed by atoms with Crippen molar-refractivity contribution in [3.63, 3.8) is 0 Å². The predicted molar refractivity (Wildman–Crippen MR) is 75.2 cm³/mol. The van der Waals surface area contributed by atoms with Crippen molar-refractivity contribution in [2.24, 2.45) is 0 Å². The maximum atomic E-state index is 11.7. The lowest BCUT2D eigenvalue weighted by Crippen LogP contribution is -2.32. The molecule has 0 radical (unpaired) electrons. The van der Waals surface area contributed by atoms with Crippen LogP contribution < -0.4 is 14.8 Å². The molecule has 5 nitrogen and oxygen atoms in total. The average molecular weight is 279 g/mol. The second-order valence-corrected chi connectivity index (χ2v) is 4.67. The molecule has 20 heavy (non-hydrogen) atoms.